The Balaban J connectivity index is 2.31. The highest BCUT2D eigenvalue weighted by Crippen LogP contribution is 2.24. The summed E-state index contributed by atoms with van der Waals surface area (Å²) in [5, 5.41) is 9.37. The Morgan fingerprint density at radius 1 is 1.30 bits per heavy atom. The minimum Gasteiger partial charge on any atom is -0.480 e. The number of nitrogens with two attached hydrogens (primary N) is 1. The highest BCUT2D eigenvalue weighted by Gasteiger charge is 2.36. The number of rotatable bonds is 3. The van der Waals surface area contributed by atoms with Crippen LogP contribution in [0.25, 0.3) is 0 Å². The summed E-state index contributed by atoms with van der Waals surface area (Å²) in [6.45, 7) is 4.03. The summed E-state index contributed by atoms with van der Waals surface area (Å²) >= 11 is 0. The lowest BCUT2D eigenvalue weighted by Gasteiger charge is -2.36. The lowest BCUT2D eigenvalue weighted by Crippen LogP contribution is -2.55. The number of carboxylic acid groups (broad SMARTS) is 1. The molecule has 0 spiro atoms. The average molecular weight is 276 g/mol. The maximum absolute atomic E-state index is 12.4. The molecule has 0 fully saturated rings. The Labute approximate surface area is 118 Å². The van der Waals surface area contributed by atoms with Crippen molar-refractivity contribution in [3.63, 3.8) is 0 Å². The zero-order valence-corrected chi connectivity index (χ0v) is 11.7. The van der Waals surface area contributed by atoms with Crippen molar-refractivity contribution in [2.75, 3.05) is 0 Å². The predicted molar refractivity (Wildman–Crippen MR) is 74.9 cm³/mol. The number of nitrogens with zero attached hydrogens (tertiary/aromatic N) is 1. The van der Waals surface area contributed by atoms with Gasteiger partial charge in [0.25, 0.3) is 0 Å². The monoisotopic (exact) mass is 276 g/mol. The molecule has 1 heterocycles. The van der Waals surface area contributed by atoms with Gasteiger partial charge in [-0.15, -0.1) is 0 Å². The number of carboxylic acids is 1. The van der Waals surface area contributed by atoms with Crippen molar-refractivity contribution in [2.24, 2.45) is 11.7 Å². The first kappa shape index (κ1) is 14.5. The van der Waals surface area contributed by atoms with Crippen LogP contribution in [0.5, 0.6) is 0 Å². The van der Waals surface area contributed by atoms with Gasteiger partial charge in [0.1, 0.15) is 6.04 Å². The number of hydrogen-bond donors (Lipinski definition) is 2. The van der Waals surface area contributed by atoms with Crippen molar-refractivity contribution >= 4 is 11.9 Å². The van der Waals surface area contributed by atoms with Crippen LogP contribution in [-0.4, -0.2) is 34.0 Å². The molecule has 0 bridgehead atoms. The molecule has 5 heteroatoms. The van der Waals surface area contributed by atoms with Crippen LogP contribution in [0.4, 0.5) is 0 Å². The molecule has 1 unspecified atom stereocenters. The molecule has 0 saturated carbocycles. The first-order valence-corrected chi connectivity index (χ1v) is 6.77. The molecule has 2 atom stereocenters. The number of benzene rings is 1. The SMILES string of the molecule is CC(C)C(N)C(=O)N1Cc2ccccc2C[C@@H]1C(=O)O. The average Bonchev–Trinajstić information content (AvgIpc) is 2.44. The van der Waals surface area contributed by atoms with E-state index in [1.807, 2.05) is 38.1 Å². The van der Waals surface area contributed by atoms with Crippen LogP contribution in [0, 0.1) is 5.92 Å². The summed E-state index contributed by atoms with van der Waals surface area (Å²) in [5.41, 5.74) is 7.87. The van der Waals surface area contributed by atoms with Gasteiger partial charge in [-0.2, -0.15) is 0 Å². The first-order valence-electron chi connectivity index (χ1n) is 6.77. The van der Waals surface area contributed by atoms with Crippen molar-refractivity contribution in [3.8, 4) is 0 Å². The third kappa shape index (κ3) is 2.67. The molecule has 1 aromatic rings. The Morgan fingerprint density at radius 3 is 2.45 bits per heavy atom. The van der Waals surface area contributed by atoms with Crippen molar-refractivity contribution in [2.45, 2.75) is 38.9 Å². The van der Waals surface area contributed by atoms with Crippen molar-refractivity contribution < 1.29 is 14.7 Å². The summed E-state index contributed by atoms with van der Waals surface area (Å²) in [5.74, 6) is -1.29. The molecule has 20 heavy (non-hydrogen) atoms. The first-order chi connectivity index (χ1) is 9.41. The Morgan fingerprint density at radius 2 is 1.90 bits per heavy atom. The maximum Gasteiger partial charge on any atom is 0.326 e. The second-order valence-electron chi connectivity index (χ2n) is 5.56. The van der Waals surface area contributed by atoms with Gasteiger partial charge in [-0.1, -0.05) is 38.1 Å². The van der Waals surface area contributed by atoms with E-state index in [-0.39, 0.29) is 11.8 Å². The van der Waals surface area contributed by atoms with E-state index in [0.717, 1.165) is 11.1 Å². The molecule has 0 saturated heterocycles. The highest BCUT2D eigenvalue weighted by molar-refractivity contribution is 5.87. The molecule has 0 aliphatic carbocycles. The second-order valence-corrected chi connectivity index (χ2v) is 5.56. The van der Waals surface area contributed by atoms with E-state index in [4.69, 9.17) is 5.73 Å². The largest absolute Gasteiger partial charge is 0.480 e. The maximum atomic E-state index is 12.4. The van der Waals surface area contributed by atoms with E-state index in [1.165, 1.54) is 4.90 Å². The topological polar surface area (TPSA) is 83.6 Å². The Kier molecular flexibility index (Phi) is 4.09. The minimum atomic E-state index is -0.983. The van der Waals surface area contributed by atoms with Crippen LogP contribution in [0.2, 0.25) is 0 Å². The lowest BCUT2D eigenvalue weighted by atomic mass is 9.92. The van der Waals surface area contributed by atoms with Crippen molar-refractivity contribution in [1.29, 1.82) is 0 Å². The van der Waals surface area contributed by atoms with Crippen LogP contribution in [0.3, 0.4) is 0 Å². The van der Waals surface area contributed by atoms with E-state index >= 15 is 0 Å². The molecule has 108 valence electrons. The van der Waals surface area contributed by atoms with E-state index in [2.05, 4.69) is 0 Å². The zero-order valence-electron chi connectivity index (χ0n) is 11.7. The van der Waals surface area contributed by atoms with Gasteiger partial charge in [-0.25, -0.2) is 4.79 Å². The van der Waals surface area contributed by atoms with Crippen molar-refractivity contribution in [1.82, 2.24) is 4.90 Å². The Bertz CT molecular complexity index is 528. The smallest absolute Gasteiger partial charge is 0.326 e. The summed E-state index contributed by atoms with van der Waals surface area (Å²) in [4.78, 5) is 25.2. The van der Waals surface area contributed by atoms with Gasteiger partial charge >= 0.3 is 5.97 Å². The molecule has 1 aromatic carbocycles. The van der Waals surface area contributed by atoms with Gasteiger partial charge in [0, 0.05) is 13.0 Å². The van der Waals surface area contributed by atoms with Gasteiger partial charge in [0.15, 0.2) is 0 Å². The quantitative estimate of drug-likeness (QED) is 0.863. The van der Waals surface area contributed by atoms with Crippen molar-refractivity contribution in [3.05, 3.63) is 35.4 Å². The molecule has 1 aliphatic heterocycles. The second kappa shape index (κ2) is 5.63. The van der Waals surface area contributed by atoms with Crippen LogP contribution in [0.15, 0.2) is 24.3 Å². The lowest BCUT2D eigenvalue weighted by molar-refractivity contribution is -0.152. The summed E-state index contributed by atoms with van der Waals surface area (Å²) in [6.07, 6.45) is 0.335. The summed E-state index contributed by atoms with van der Waals surface area (Å²) in [7, 11) is 0. The van der Waals surface area contributed by atoms with Gasteiger partial charge in [0.2, 0.25) is 5.91 Å². The number of amides is 1. The molecule has 1 amide bonds. The number of carbonyl (C=O) groups excluding carboxylic acids is 1. The van der Waals surface area contributed by atoms with Crippen LogP contribution < -0.4 is 5.73 Å². The Hall–Kier alpha value is -1.88. The van der Waals surface area contributed by atoms with E-state index < -0.39 is 18.1 Å². The fraction of sp³-hybridized carbons (Fsp3) is 0.467. The third-order valence-electron chi connectivity index (χ3n) is 3.82. The molecule has 5 nitrogen and oxygen atoms in total. The fourth-order valence-electron chi connectivity index (χ4n) is 2.45. The molecule has 1 aliphatic rings. The standard InChI is InChI=1S/C15H20N2O3/c1-9(2)13(16)14(18)17-8-11-6-4-3-5-10(11)7-12(17)15(19)20/h3-6,9,12-13H,7-8,16H2,1-2H3,(H,19,20)/t12-,13?/m1/s1. The summed E-state index contributed by atoms with van der Waals surface area (Å²) in [6, 6.07) is 6.12. The van der Waals surface area contributed by atoms with Crippen LogP contribution >= 0.6 is 0 Å². The normalized spacial score (nSPS) is 19.6. The zero-order chi connectivity index (χ0) is 14.9. The van der Waals surface area contributed by atoms with Gasteiger partial charge in [-0.3, -0.25) is 4.79 Å². The highest BCUT2D eigenvalue weighted by atomic mass is 16.4. The number of fused-ring (bicyclic) bond motifs is 1. The minimum absolute atomic E-state index is 0.0193. The number of carbonyl (C=O) groups is 2. The van der Waals surface area contributed by atoms with Crippen LogP contribution in [0.1, 0.15) is 25.0 Å². The fourth-order valence-corrected chi connectivity index (χ4v) is 2.45. The molecule has 3 N–H and O–H groups in total. The molecule has 2 rings (SSSR count). The van der Waals surface area contributed by atoms with Crippen LogP contribution in [-0.2, 0) is 22.6 Å². The number of aliphatic carboxylic acids is 1. The molecular weight excluding hydrogens is 256 g/mol. The predicted octanol–water partition coefficient (Wildman–Crippen LogP) is 1.01. The van der Waals surface area contributed by atoms with Gasteiger partial charge in [-0.05, 0) is 17.0 Å². The molecule has 0 radical (unpaired) electrons. The van der Waals surface area contributed by atoms with E-state index in [0.29, 0.717) is 13.0 Å². The summed E-state index contributed by atoms with van der Waals surface area (Å²) < 4.78 is 0. The number of hydrogen-bond acceptors (Lipinski definition) is 3. The van der Waals surface area contributed by atoms with Gasteiger partial charge < -0.3 is 15.7 Å². The third-order valence-corrected chi connectivity index (χ3v) is 3.82. The van der Waals surface area contributed by atoms with E-state index in [1.54, 1.807) is 0 Å². The van der Waals surface area contributed by atoms with Gasteiger partial charge in [0.05, 0.1) is 6.04 Å². The molecular formula is C15H20N2O3. The molecule has 0 aromatic heterocycles. The van der Waals surface area contributed by atoms with E-state index in [9.17, 15) is 14.7 Å².